The predicted molar refractivity (Wildman–Crippen MR) is 52.0 cm³/mol. The van der Waals surface area contributed by atoms with Crippen molar-refractivity contribution in [2.75, 3.05) is 21.2 Å². The summed E-state index contributed by atoms with van der Waals surface area (Å²) < 4.78 is 4.60. The van der Waals surface area contributed by atoms with E-state index in [-0.39, 0.29) is 5.97 Å². The molecule has 74 valence electrons. The highest BCUT2D eigenvalue weighted by Crippen LogP contribution is 2.01. The molecule has 0 heterocycles. The lowest BCUT2D eigenvalue weighted by Gasteiger charge is -2.09. The van der Waals surface area contributed by atoms with Gasteiger partial charge in [-0.05, 0) is 13.0 Å². The largest absolute Gasteiger partial charge is 0.464 e. The molecule has 0 atom stereocenters. The molecule has 0 amide bonds. The van der Waals surface area contributed by atoms with E-state index in [1.807, 2.05) is 13.0 Å². The second kappa shape index (κ2) is 6.11. The Morgan fingerprint density at radius 1 is 1.31 bits per heavy atom. The molecular weight excluding hydrogens is 168 g/mol. The maximum atomic E-state index is 11.2. The summed E-state index contributed by atoms with van der Waals surface area (Å²) in [6.45, 7) is 1.88. The van der Waals surface area contributed by atoms with E-state index in [4.69, 9.17) is 0 Å². The Morgan fingerprint density at radius 3 is 2.23 bits per heavy atom. The van der Waals surface area contributed by atoms with Crippen molar-refractivity contribution >= 4 is 5.97 Å². The number of methoxy groups -OCH3 is 1. The molecular formula is C9H16N2O2. The van der Waals surface area contributed by atoms with E-state index < -0.39 is 0 Å². The average molecular weight is 184 g/mol. The van der Waals surface area contributed by atoms with Crippen LogP contribution in [0.1, 0.15) is 6.92 Å². The number of carbonyl (C=O) groups is 1. The van der Waals surface area contributed by atoms with Crippen LogP contribution in [0.5, 0.6) is 0 Å². The fourth-order valence-electron chi connectivity index (χ4n) is 0.907. The number of rotatable bonds is 4. The molecule has 13 heavy (non-hydrogen) atoms. The third kappa shape index (κ3) is 3.19. The molecule has 0 aliphatic heterocycles. The van der Waals surface area contributed by atoms with Gasteiger partial charge in [-0.3, -0.25) is 0 Å². The number of hydrogen-bond donors (Lipinski definition) is 2. The van der Waals surface area contributed by atoms with Crippen molar-refractivity contribution in [2.45, 2.75) is 6.92 Å². The normalized spacial score (nSPS) is 12.3. The number of esters is 1. The van der Waals surface area contributed by atoms with Crippen molar-refractivity contribution in [3.63, 3.8) is 0 Å². The van der Waals surface area contributed by atoms with Gasteiger partial charge < -0.3 is 15.4 Å². The highest BCUT2D eigenvalue weighted by Gasteiger charge is 2.11. The Bertz CT molecular complexity index is 232. The standard InChI is InChI=1S/C9H16N2O2/c1-5-6-7(10-2)8(11-3)9(12)13-4/h5-6,10-11H,1-4H3/b6-5-,8-7+. The van der Waals surface area contributed by atoms with Crippen LogP contribution in [0.4, 0.5) is 0 Å². The van der Waals surface area contributed by atoms with Crippen LogP contribution in [0.15, 0.2) is 23.5 Å². The van der Waals surface area contributed by atoms with Crippen LogP contribution < -0.4 is 10.6 Å². The Kier molecular flexibility index (Phi) is 5.43. The van der Waals surface area contributed by atoms with Gasteiger partial charge in [-0.25, -0.2) is 4.79 Å². The lowest BCUT2D eigenvalue weighted by molar-refractivity contribution is -0.136. The van der Waals surface area contributed by atoms with Crippen molar-refractivity contribution in [1.82, 2.24) is 10.6 Å². The van der Waals surface area contributed by atoms with E-state index >= 15 is 0 Å². The molecule has 0 radical (unpaired) electrons. The van der Waals surface area contributed by atoms with Crippen LogP contribution in [0, 0.1) is 0 Å². The number of hydrogen-bond acceptors (Lipinski definition) is 4. The van der Waals surface area contributed by atoms with Gasteiger partial charge in [-0.2, -0.15) is 0 Å². The lowest BCUT2D eigenvalue weighted by Crippen LogP contribution is -2.23. The van der Waals surface area contributed by atoms with E-state index in [9.17, 15) is 4.79 Å². The molecule has 4 nitrogen and oxygen atoms in total. The molecule has 0 aliphatic carbocycles. The Hall–Kier alpha value is -1.45. The summed E-state index contributed by atoms with van der Waals surface area (Å²) in [6.07, 6.45) is 3.63. The van der Waals surface area contributed by atoms with E-state index in [1.54, 1.807) is 20.2 Å². The van der Waals surface area contributed by atoms with Crippen molar-refractivity contribution in [2.24, 2.45) is 0 Å². The summed E-state index contributed by atoms with van der Waals surface area (Å²) in [6, 6.07) is 0. The summed E-state index contributed by atoms with van der Waals surface area (Å²) >= 11 is 0. The second-order valence-electron chi connectivity index (χ2n) is 2.28. The van der Waals surface area contributed by atoms with Gasteiger partial charge in [0.1, 0.15) is 5.70 Å². The molecule has 2 N–H and O–H groups in total. The Morgan fingerprint density at radius 2 is 1.92 bits per heavy atom. The summed E-state index contributed by atoms with van der Waals surface area (Å²) in [5.41, 5.74) is 1.12. The minimum Gasteiger partial charge on any atom is -0.464 e. The molecule has 0 bridgehead atoms. The molecule has 0 aromatic carbocycles. The van der Waals surface area contributed by atoms with Crippen molar-refractivity contribution in [3.8, 4) is 0 Å². The summed E-state index contributed by atoms with van der Waals surface area (Å²) in [4.78, 5) is 11.2. The first-order chi connectivity index (χ1) is 6.21. The first-order valence-corrected chi connectivity index (χ1v) is 4.02. The molecule has 0 unspecified atom stereocenters. The molecule has 0 saturated carbocycles. The van der Waals surface area contributed by atoms with E-state index in [0.29, 0.717) is 11.4 Å². The fourth-order valence-corrected chi connectivity index (χ4v) is 0.907. The zero-order valence-electron chi connectivity index (χ0n) is 8.47. The van der Waals surface area contributed by atoms with Crippen LogP contribution >= 0.6 is 0 Å². The van der Waals surface area contributed by atoms with Crippen LogP contribution in [-0.4, -0.2) is 27.2 Å². The van der Waals surface area contributed by atoms with Gasteiger partial charge in [0, 0.05) is 14.1 Å². The average Bonchev–Trinajstić information content (AvgIpc) is 2.17. The van der Waals surface area contributed by atoms with Gasteiger partial charge in [0.25, 0.3) is 0 Å². The number of nitrogens with one attached hydrogen (secondary N) is 2. The SMILES string of the molecule is C/C=C\C(NC)=C(/NC)C(=O)OC. The minimum atomic E-state index is -0.384. The second-order valence-corrected chi connectivity index (χ2v) is 2.28. The van der Waals surface area contributed by atoms with Crippen LogP contribution in [0.2, 0.25) is 0 Å². The fraction of sp³-hybridized carbons (Fsp3) is 0.444. The number of likely N-dealkylation sites (N-methyl/N-ethyl adjacent to an activating group) is 2. The molecule has 0 aromatic rings. The van der Waals surface area contributed by atoms with Crippen LogP contribution in [0.25, 0.3) is 0 Å². The summed E-state index contributed by atoms with van der Waals surface area (Å²) in [5.74, 6) is -0.384. The highest BCUT2D eigenvalue weighted by molar-refractivity contribution is 5.88. The van der Waals surface area contributed by atoms with Gasteiger partial charge in [-0.1, -0.05) is 6.08 Å². The van der Waals surface area contributed by atoms with Crippen LogP contribution in [-0.2, 0) is 9.53 Å². The molecule has 0 spiro atoms. The predicted octanol–water partition coefficient (Wildman–Crippen LogP) is 0.386. The third-order valence-electron chi connectivity index (χ3n) is 1.51. The maximum absolute atomic E-state index is 11.2. The zero-order valence-corrected chi connectivity index (χ0v) is 8.47. The van der Waals surface area contributed by atoms with Gasteiger partial charge in [-0.15, -0.1) is 0 Å². The van der Waals surface area contributed by atoms with Gasteiger partial charge in [0.15, 0.2) is 0 Å². The minimum absolute atomic E-state index is 0.384. The monoisotopic (exact) mass is 184 g/mol. The number of carbonyl (C=O) groups excluding carboxylic acids is 1. The van der Waals surface area contributed by atoms with Crippen molar-refractivity contribution in [1.29, 1.82) is 0 Å². The topological polar surface area (TPSA) is 50.4 Å². The molecule has 0 fully saturated rings. The Balaban J connectivity index is 4.92. The maximum Gasteiger partial charge on any atom is 0.356 e. The summed E-state index contributed by atoms with van der Waals surface area (Å²) in [5, 5.41) is 5.68. The first-order valence-electron chi connectivity index (χ1n) is 4.02. The van der Waals surface area contributed by atoms with Gasteiger partial charge in [0.2, 0.25) is 0 Å². The van der Waals surface area contributed by atoms with E-state index in [0.717, 1.165) is 0 Å². The molecule has 0 saturated heterocycles. The third-order valence-corrected chi connectivity index (χ3v) is 1.51. The molecule has 0 aliphatic rings. The lowest BCUT2D eigenvalue weighted by atomic mass is 10.3. The summed E-state index contributed by atoms with van der Waals surface area (Å²) in [7, 11) is 4.77. The van der Waals surface area contributed by atoms with Gasteiger partial charge in [0.05, 0.1) is 12.8 Å². The first kappa shape index (κ1) is 11.6. The number of ether oxygens (including phenoxy) is 1. The molecule has 0 aromatic heterocycles. The van der Waals surface area contributed by atoms with E-state index in [1.165, 1.54) is 7.11 Å². The molecule has 4 heteroatoms. The van der Waals surface area contributed by atoms with Crippen molar-refractivity contribution in [3.05, 3.63) is 23.5 Å². The zero-order chi connectivity index (χ0) is 10.3. The smallest absolute Gasteiger partial charge is 0.356 e. The Labute approximate surface area is 78.7 Å². The van der Waals surface area contributed by atoms with Crippen LogP contribution in [0.3, 0.4) is 0 Å². The van der Waals surface area contributed by atoms with E-state index in [2.05, 4.69) is 15.4 Å². The highest BCUT2D eigenvalue weighted by atomic mass is 16.5. The number of allylic oxidation sites excluding steroid dienone is 2. The van der Waals surface area contributed by atoms with Gasteiger partial charge >= 0.3 is 5.97 Å². The molecule has 0 rings (SSSR count). The quantitative estimate of drug-likeness (QED) is 0.377. The van der Waals surface area contributed by atoms with Crippen molar-refractivity contribution < 1.29 is 9.53 Å².